The number of aromatic nitrogens is 2. The highest BCUT2D eigenvalue weighted by Crippen LogP contribution is 2.24. The molecule has 132 valence electrons. The summed E-state index contributed by atoms with van der Waals surface area (Å²) in [4.78, 5) is 20.4. The molecule has 2 N–H and O–H groups in total. The summed E-state index contributed by atoms with van der Waals surface area (Å²) in [5.74, 6) is -0.100. The van der Waals surface area contributed by atoms with E-state index in [2.05, 4.69) is 38.8 Å². The first kappa shape index (κ1) is 17.6. The Hall–Kier alpha value is -3.20. The third-order valence-corrected chi connectivity index (χ3v) is 4.50. The van der Waals surface area contributed by atoms with Crippen LogP contribution in [0.15, 0.2) is 48.4 Å². The number of carbonyl (C=O) groups is 1. The van der Waals surface area contributed by atoms with E-state index >= 15 is 0 Å². The van der Waals surface area contributed by atoms with Crippen LogP contribution in [-0.2, 0) is 17.6 Å². The molecular formula is C20H21N5O. The lowest BCUT2D eigenvalue weighted by Gasteiger charge is -2.20. The van der Waals surface area contributed by atoms with E-state index in [1.54, 1.807) is 18.5 Å². The highest BCUT2D eigenvalue weighted by atomic mass is 16.1. The largest absolute Gasteiger partial charge is 0.345 e. The molecular weight excluding hydrogens is 326 g/mol. The van der Waals surface area contributed by atoms with Gasteiger partial charge >= 0.3 is 0 Å². The quantitative estimate of drug-likeness (QED) is 0.641. The van der Waals surface area contributed by atoms with Crippen LogP contribution in [0.1, 0.15) is 42.5 Å². The number of fused-ring (bicyclic) bond motifs is 1. The SMILES string of the molecule is CC(NC(=O)/C(C#N)=C\Nc1ncccn1)c1ccc2c(c1)CCCC2. The molecule has 1 amide bonds. The number of nitriles is 1. The van der Waals surface area contributed by atoms with Gasteiger partial charge in [-0.3, -0.25) is 4.79 Å². The van der Waals surface area contributed by atoms with Crippen molar-refractivity contribution in [3.63, 3.8) is 0 Å². The Morgan fingerprint density at radius 1 is 1.23 bits per heavy atom. The summed E-state index contributed by atoms with van der Waals surface area (Å²) in [7, 11) is 0. The highest BCUT2D eigenvalue weighted by molar-refractivity contribution is 5.97. The molecule has 1 aliphatic rings. The molecule has 0 aliphatic heterocycles. The van der Waals surface area contributed by atoms with Crippen LogP contribution in [0, 0.1) is 11.3 Å². The maximum Gasteiger partial charge on any atom is 0.263 e. The number of amides is 1. The van der Waals surface area contributed by atoms with Crippen molar-refractivity contribution in [1.29, 1.82) is 5.26 Å². The third kappa shape index (κ3) is 4.25. The predicted octanol–water partition coefficient (Wildman–Crippen LogP) is 3.05. The van der Waals surface area contributed by atoms with Gasteiger partial charge in [0.25, 0.3) is 5.91 Å². The fraction of sp³-hybridized carbons (Fsp3) is 0.300. The van der Waals surface area contributed by atoms with E-state index in [4.69, 9.17) is 0 Å². The Morgan fingerprint density at radius 2 is 1.96 bits per heavy atom. The molecule has 6 nitrogen and oxygen atoms in total. The predicted molar refractivity (Wildman–Crippen MR) is 99.0 cm³/mol. The maximum atomic E-state index is 12.4. The maximum absolute atomic E-state index is 12.4. The lowest BCUT2D eigenvalue weighted by molar-refractivity contribution is -0.117. The minimum atomic E-state index is -0.429. The molecule has 0 saturated carbocycles. The molecule has 1 aromatic carbocycles. The van der Waals surface area contributed by atoms with Crippen molar-refractivity contribution in [3.8, 4) is 6.07 Å². The number of hydrogen-bond acceptors (Lipinski definition) is 5. The van der Waals surface area contributed by atoms with Gasteiger partial charge in [0.2, 0.25) is 5.95 Å². The van der Waals surface area contributed by atoms with Crippen LogP contribution in [0.4, 0.5) is 5.95 Å². The second-order valence-electron chi connectivity index (χ2n) is 6.32. The fourth-order valence-electron chi connectivity index (χ4n) is 3.04. The summed E-state index contributed by atoms with van der Waals surface area (Å²) in [6.07, 6.45) is 9.16. The fourth-order valence-corrected chi connectivity index (χ4v) is 3.04. The molecule has 0 saturated heterocycles. The van der Waals surface area contributed by atoms with E-state index in [0.717, 1.165) is 18.4 Å². The summed E-state index contributed by atoms with van der Waals surface area (Å²) >= 11 is 0. The van der Waals surface area contributed by atoms with E-state index in [9.17, 15) is 10.1 Å². The van der Waals surface area contributed by atoms with Crippen LogP contribution in [0.25, 0.3) is 0 Å². The number of hydrogen-bond donors (Lipinski definition) is 2. The Kier molecular flexibility index (Phi) is 5.59. The zero-order chi connectivity index (χ0) is 18.4. The van der Waals surface area contributed by atoms with E-state index in [1.165, 1.54) is 30.2 Å². The van der Waals surface area contributed by atoms with E-state index in [0.29, 0.717) is 5.95 Å². The monoisotopic (exact) mass is 347 g/mol. The van der Waals surface area contributed by atoms with Crippen LogP contribution in [0.5, 0.6) is 0 Å². The molecule has 1 aliphatic carbocycles. The molecule has 1 aromatic heterocycles. The average molecular weight is 347 g/mol. The van der Waals surface area contributed by atoms with E-state index in [-0.39, 0.29) is 11.6 Å². The van der Waals surface area contributed by atoms with E-state index in [1.807, 2.05) is 13.0 Å². The minimum Gasteiger partial charge on any atom is -0.345 e. The first-order chi connectivity index (χ1) is 12.7. The Bertz CT molecular complexity index is 854. The zero-order valence-corrected chi connectivity index (χ0v) is 14.7. The molecule has 0 bridgehead atoms. The number of anilines is 1. The molecule has 1 unspecified atom stereocenters. The Morgan fingerprint density at radius 3 is 2.69 bits per heavy atom. The van der Waals surface area contributed by atoms with Crippen LogP contribution >= 0.6 is 0 Å². The van der Waals surface area contributed by atoms with Gasteiger partial charge in [-0.05, 0) is 55.4 Å². The van der Waals surface area contributed by atoms with Crippen LogP contribution in [0.3, 0.4) is 0 Å². The van der Waals surface area contributed by atoms with Gasteiger partial charge in [0.05, 0.1) is 6.04 Å². The van der Waals surface area contributed by atoms with Crippen molar-refractivity contribution in [2.24, 2.45) is 0 Å². The van der Waals surface area contributed by atoms with Gasteiger partial charge in [-0.25, -0.2) is 9.97 Å². The molecule has 0 spiro atoms. The van der Waals surface area contributed by atoms with Crippen LogP contribution in [-0.4, -0.2) is 15.9 Å². The van der Waals surface area contributed by atoms with Crippen molar-refractivity contribution in [2.45, 2.75) is 38.6 Å². The van der Waals surface area contributed by atoms with Crippen molar-refractivity contribution in [1.82, 2.24) is 15.3 Å². The topological polar surface area (TPSA) is 90.7 Å². The van der Waals surface area contributed by atoms with Gasteiger partial charge < -0.3 is 10.6 Å². The highest BCUT2D eigenvalue weighted by Gasteiger charge is 2.16. The Labute approximate surface area is 153 Å². The molecule has 0 fully saturated rings. The Balaban J connectivity index is 1.66. The summed E-state index contributed by atoms with van der Waals surface area (Å²) in [6.45, 7) is 1.92. The summed E-state index contributed by atoms with van der Waals surface area (Å²) < 4.78 is 0. The number of nitrogens with zero attached hydrogens (tertiary/aromatic N) is 3. The van der Waals surface area contributed by atoms with Gasteiger partial charge in [-0.1, -0.05) is 18.2 Å². The van der Waals surface area contributed by atoms with Gasteiger partial charge in [0, 0.05) is 18.6 Å². The number of nitrogens with one attached hydrogen (secondary N) is 2. The molecule has 0 radical (unpaired) electrons. The number of benzene rings is 1. The van der Waals surface area contributed by atoms with Crippen molar-refractivity contribution >= 4 is 11.9 Å². The third-order valence-electron chi connectivity index (χ3n) is 4.50. The van der Waals surface area contributed by atoms with Crippen molar-refractivity contribution in [2.75, 3.05) is 5.32 Å². The zero-order valence-electron chi connectivity index (χ0n) is 14.7. The van der Waals surface area contributed by atoms with Crippen LogP contribution in [0.2, 0.25) is 0 Å². The molecule has 26 heavy (non-hydrogen) atoms. The minimum absolute atomic E-state index is 0.0257. The second-order valence-corrected chi connectivity index (χ2v) is 6.32. The molecule has 1 atom stereocenters. The number of aryl methyl sites for hydroxylation is 2. The van der Waals surface area contributed by atoms with E-state index < -0.39 is 5.91 Å². The molecule has 3 rings (SSSR count). The first-order valence-corrected chi connectivity index (χ1v) is 8.74. The van der Waals surface area contributed by atoms with Gasteiger partial charge in [0.15, 0.2) is 0 Å². The molecule has 2 aromatic rings. The summed E-state index contributed by atoms with van der Waals surface area (Å²) in [5, 5.41) is 14.9. The number of carbonyl (C=O) groups excluding carboxylic acids is 1. The lowest BCUT2D eigenvalue weighted by atomic mass is 9.89. The smallest absolute Gasteiger partial charge is 0.263 e. The summed E-state index contributed by atoms with van der Waals surface area (Å²) in [5.41, 5.74) is 3.80. The van der Waals surface area contributed by atoms with Gasteiger partial charge in [-0.2, -0.15) is 5.26 Å². The van der Waals surface area contributed by atoms with Crippen molar-refractivity contribution in [3.05, 3.63) is 65.1 Å². The lowest BCUT2D eigenvalue weighted by Crippen LogP contribution is -2.28. The van der Waals surface area contributed by atoms with Crippen molar-refractivity contribution < 1.29 is 4.79 Å². The summed E-state index contributed by atoms with van der Waals surface area (Å²) in [6, 6.07) is 9.80. The average Bonchev–Trinajstić information content (AvgIpc) is 2.68. The van der Waals surface area contributed by atoms with Gasteiger partial charge in [-0.15, -0.1) is 0 Å². The van der Waals surface area contributed by atoms with Gasteiger partial charge in [0.1, 0.15) is 11.6 Å². The number of rotatable bonds is 5. The normalized spacial score (nSPS) is 14.7. The molecule has 6 heteroatoms. The van der Waals surface area contributed by atoms with Crippen LogP contribution < -0.4 is 10.6 Å². The second kappa shape index (κ2) is 8.26. The standard InChI is InChI=1S/C20H21N5O/c1-14(16-8-7-15-5-2-3-6-17(15)11-16)25-19(26)18(12-21)13-24-20-22-9-4-10-23-20/h4,7-11,13-14H,2-3,5-6H2,1H3,(H,25,26)(H,22,23,24)/b18-13-. The first-order valence-electron chi connectivity index (χ1n) is 8.74. The molecule has 1 heterocycles.